The lowest BCUT2D eigenvalue weighted by Crippen LogP contribution is -2.12. The summed E-state index contributed by atoms with van der Waals surface area (Å²) in [5, 5.41) is 0. The monoisotopic (exact) mass is 289 g/mol. The van der Waals surface area contributed by atoms with Crippen molar-refractivity contribution in [3.05, 3.63) is 40.3 Å². The highest BCUT2D eigenvalue weighted by Gasteiger charge is 2.14. The molecule has 0 aliphatic rings. The van der Waals surface area contributed by atoms with Crippen molar-refractivity contribution in [2.45, 2.75) is 12.8 Å². The Morgan fingerprint density at radius 1 is 1.29 bits per heavy atom. The van der Waals surface area contributed by atoms with Crippen LogP contribution in [-0.4, -0.2) is 30.7 Å². The normalized spacial score (nSPS) is 10.4. The second-order valence-corrected chi connectivity index (χ2v) is 4.52. The van der Waals surface area contributed by atoms with E-state index in [0.29, 0.717) is 41.5 Å². The van der Waals surface area contributed by atoms with Crippen LogP contribution in [0, 0.1) is 0 Å². The van der Waals surface area contributed by atoms with Crippen LogP contribution >= 0.6 is 0 Å². The average molecular weight is 289 g/mol. The standard InChI is InChI=1S/C15H19N3O3/c1-20-12-7-3-6-11(14(12)21-2)15-17-10(5-4-8-16)9-13(19)18-15/h3,6-7,9H,4-5,8,16H2,1-2H3,(H,17,18,19). The maximum absolute atomic E-state index is 11.8. The van der Waals surface area contributed by atoms with Crippen LogP contribution in [0.2, 0.25) is 0 Å². The molecule has 112 valence electrons. The van der Waals surface area contributed by atoms with Gasteiger partial charge in [-0.3, -0.25) is 4.79 Å². The fraction of sp³-hybridized carbons (Fsp3) is 0.333. The first kappa shape index (κ1) is 15.1. The summed E-state index contributed by atoms with van der Waals surface area (Å²) in [4.78, 5) is 19.0. The molecule has 2 rings (SSSR count). The molecule has 1 aromatic carbocycles. The fourth-order valence-electron chi connectivity index (χ4n) is 2.12. The molecule has 3 N–H and O–H groups in total. The highest BCUT2D eigenvalue weighted by Crippen LogP contribution is 2.35. The third kappa shape index (κ3) is 3.41. The second-order valence-electron chi connectivity index (χ2n) is 4.52. The molecule has 0 spiro atoms. The lowest BCUT2D eigenvalue weighted by molar-refractivity contribution is 0.356. The van der Waals surface area contributed by atoms with Crippen LogP contribution in [0.3, 0.4) is 0 Å². The molecular formula is C15H19N3O3. The van der Waals surface area contributed by atoms with E-state index in [1.807, 2.05) is 12.1 Å². The van der Waals surface area contributed by atoms with Crippen molar-refractivity contribution in [1.29, 1.82) is 0 Å². The van der Waals surface area contributed by atoms with E-state index in [0.717, 1.165) is 6.42 Å². The molecular weight excluding hydrogens is 270 g/mol. The topological polar surface area (TPSA) is 90.2 Å². The molecule has 0 aliphatic heterocycles. The predicted molar refractivity (Wildman–Crippen MR) is 80.8 cm³/mol. The van der Waals surface area contributed by atoms with E-state index in [9.17, 15) is 4.79 Å². The lowest BCUT2D eigenvalue weighted by atomic mass is 10.1. The third-order valence-corrected chi connectivity index (χ3v) is 3.09. The minimum absolute atomic E-state index is 0.197. The number of ether oxygens (including phenoxy) is 2. The van der Waals surface area contributed by atoms with Gasteiger partial charge in [0.15, 0.2) is 11.5 Å². The van der Waals surface area contributed by atoms with Crippen molar-refractivity contribution in [3.63, 3.8) is 0 Å². The van der Waals surface area contributed by atoms with E-state index in [1.165, 1.54) is 6.07 Å². The quantitative estimate of drug-likeness (QED) is 0.837. The summed E-state index contributed by atoms with van der Waals surface area (Å²) in [5.41, 5.74) is 6.70. The van der Waals surface area contributed by atoms with E-state index >= 15 is 0 Å². The SMILES string of the molecule is COc1cccc(-c2nc(CCCN)cc(=O)[nH]2)c1OC. The molecule has 0 radical (unpaired) electrons. The average Bonchev–Trinajstić information content (AvgIpc) is 2.51. The molecule has 6 nitrogen and oxygen atoms in total. The number of nitrogens with one attached hydrogen (secondary N) is 1. The summed E-state index contributed by atoms with van der Waals surface area (Å²) < 4.78 is 10.6. The molecule has 0 aliphatic carbocycles. The van der Waals surface area contributed by atoms with Crippen LogP contribution in [-0.2, 0) is 6.42 Å². The zero-order chi connectivity index (χ0) is 15.2. The number of hydrogen-bond acceptors (Lipinski definition) is 5. The number of hydrogen-bond donors (Lipinski definition) is 2. The Kier molecular flexibility index (Phi) is 4.94. The van der Waals surface area contributed by atoms with Crippen LogP contribution in [0.25, 0.3) is 11.4 Å². The zero-order valence-electron chi connectivity index (χ0n) is 12.2. The lowest BCUT2D eigenvalue weighted by Gasteiger charge is -2.12. The summed E-state index contributed by atoms with van der Waals surface area (Å²) in [6.07, 6.45) is 1.45. The largest absolute Gasteiger partial charge is 0.493 e. The van der Waals surface area contributed by atoms with Crippen molar-refractivity contribution < 1.29 is 9.47 Å². The number of nitrogens with two attached hydrogens (primary N) is 1. The molecule has 0 unspecified atom stereocenters. The molecule has 2 aromatic rings. The van der Waals surface area contributed by atoms with Gasteiger partial charge in [0, 0.05) is 11.8 Å². The summed E-state index contributed by atoms with van der Waals surface area (Å²) in [5.74, 6) is 1.59. The molecule has 21 heavy (non-hydrogen) atoms. The van der Waals surface area contributed by atoms with Gasteiger partial charge in [-0.05, 0) is 31.5 Å². The smallest absolute Gasteiger partial charge is 0.251 e. The first-order valence-corrected chi connectivity index (χ1v) is 6.71. The maximum atomic E-state index is 11.8. The van der Waals surface area contributed by atoms with E-state index < -0.39 is 0 Å². The minimum Gasteiger partial charge on any atom is -0.493 e. The van der Waals surface area contributed by atoms with Crippen molar-refractivity contribution in [2.75, 3.05) is 20.8 Å². The number of aromatic nitrogens is 2. The molecule has 0 fully saturated rings. The molecule has 1 heterocycles. The van der Waals surface area contributed by atoms with E-state index in [4.69, 9.17) is 15.2 Å². The molecule has 1 aromatic heterocycles. The zero-order valence-corrected chi connectivity index (χ0v) is 12.2. The number of aryl methyl sites for hydroxylation is 1. The van der Waals surface area contributed by atoms with Gasteiger partial charge in [0.05, 0.1) is 19.8 Å². The Morgan fingerprint density at radius 3 is 2.76 bits per heavy atom. The van der Waals surface area contributed by atoms with Crippen molar-refractivity contribution in [3.8, 4) is 22.9 Å². The minimum atomic E-state index is -0.197. The van der Waals surface area contributed by atoms with Gasteiger partial charge in [-0.15, -0.1) is 0 Å². The van der Waals surface area contributed by atoms with Crippen molar-refractivity contribution >= 4 is 0 Å². The van der Waals surface area contributed by atoms with Gasteiger partial charge in [0.2, 0.25) is 0 Å². The molecule has 0 bridgehead atoms. The summed E-state index contributed by atoms with van der Waals surface area (Å²) in [6, 6.07) is 6.93. The van der Waals surface area contributed by atoms with Crippen LogP contribution in [0.15, 0.2) is 29.1 Å². The summed E-state index contributed by atoms with van der Waals surface area (Å²) >= 11 is 0. The predicted octanol–water partition coefficient (Wildman–Crippen LogP) is 1.35. The van der Waals surface area contributed by atoms with Crippen LogP contribution in [0.4, 0.5) is 0 Å². The Labute approximate surface area is 122 Å². The number of aromatic amines is 1. The van der Waals surface area contributed by atoms with Gasteiger partial charge in [-0.1, -0.05) is 6.07 Å². The van der Waals surface area contributed by atoms with Crippen molar-refractivity contribution in [1.82, 2.24) is 9.97 Å². The number of rotatable bonds is 6. The Morgan fingerprint density at radius 2 is 2.10 bits per heavy atom. The van der Waals surface area contributed by atoms with E-state index in [1.54, 1.807) is 20.3 Å². The molecule has 6 heteroatoms. The van der Waals surface area contributed by atoms with Gasteiger partial charge >= 0.3 is 0 Å². The van der Waals surface area contributed by atoms with Gasteiger partial charge < -0.3 is 20.2 Å². The maximum Gasteiger partial charge on any atom is 0.251 e. The number of para-hydroxylation sites is 1. The van der Waals surface area contributed by atoms with Gasteiger partial charge in [0.25, 0.3) is 5.56 Å². The van der Waals surface area contributed by atoms with Crippen molar-refractivity contribution in [2.24, 2.45) is 5.73 Å². The molecule has 0 saturated carbocycles. The van der Waals surface area contributed by atoms with E-state index in [-0.39, 0.29) is 5.56 Å². The second kappa shape index (κ2) is 6.90. The highest BCUT2D eigenvalue weighted by molar-refractivity contribution is 5.68. The number of benzene rings is 1. The summed E-state index contributed by atoms with van der Waals surface area (Å²) in [6.45, 7) is 0.562. The molecule has 0 atom stereocenters. The first-order chi connectivity index (χ1) is 10.2. The van der Waals surface area contributed by atoms with E-state index in [2.05, 4.69) is 9.97 Å². The summed E-state index contributed by atoms with van der Waals surface area (Å²) in [7, 11) is 3.12. The Bertz CT molecular complexity index is 667. The van der Waals surface area contributed by atoms with Crippen LogP contribution in [0.5, 0.6) is 11.5 Å². The number of nitrogens with zero attached hydrogens (tertiary/aromatic N) is 1. The van der Waals surface area contributed by atoms with Gasteiger partial charge in [0.1, 0.15) is 5.82 Å². The number of H-pyrrole nitrogens is 1. The Balaban J connectivity index is 2.51. The highest BCUT2D eigenvalue weighted by atomic mass is 16.5. The van der Waals surface area contributed by atoms with Gasteiger partial charge in [-0.2, -0.15) is 0 Å². The third-order valence-electron chi connectivity index (χ3n) is 3.09. The number of methoxy groups -OCH3 is 2. The van der Waals surface area contributed by atoms with Gasteiger partial charge in [-0.25, -0.2) is 4.98 Å². The molecule has 0 amide bonds. The van der Waals surface area contributed by atoms with Crippen LogP contribution < -0.4 is 20.8 Å². The fourth-order valence-corrected chi connectivity index (χ4v) is 2.12. The first-order valence-electron chi connectivity index (χ1n) is 6.71. The molecule has 0 saturated heterocycles. The van der Waals surface area contributed by atoms with Crippen LogP contribution in [0.1, 0.15) is 12.1 Å². The Hall–Kier alpha value is -2.34.